The number of amides is 1. The normalized spacial score (nSPS) is 10.1. The van der Waals surface area contributed by atoms with Crippen molar-refractivity contribution in [3.8, 4) is 5.75 Å². The van der Waals surface area contributed by atoms with Crippen LogP contribution in [0.1, 0.15) is 11.1 Å². The molecule has 1 N–H and O–H groups in total. The number of carbonyl (C=O) groups is 1. The number of nitrogens with one attached hydrogen (secondary N) is 1. The van der Waals surface area contributed by atoms with Gasteiger partial charge in [-0.05, 0) is 36.8 Å². The highest BCUT2D eigenvalue weighted by Gasteiger charge is 2.03. The number of benzene rings is 2. The van der Waals surface area contributed by atoms with Crippen LogP contribution >= 0.6 is 0 Å². The first-order valence-corrected chi connectivity index (χ1v) is 6.34. The minimum Gasteiger partial charge on any atom is -0.484 e. The van der Waals surface area contributed by atoms with Gasteiger partial charge >= 0.3 is 0 Å². The molecule has 1 amide bonds. The molecule has 0 radical (unpaired) electrons. The molecule has 0 atom stereocenters. The first-order chi connectivity index (χ1) is 9.63. The molecule has 0 aliphatic carbocycles. The molecule has 3 nitrogen and oxygen atoms in total. The van der Waals surface area contributed by atoms with Crippen LogP contribution in [0.3, 0.4) is 0 Å². The zero-order valence-corrected chi connectivity index (χ0v) is 11.2. The second kappa shape index (κ2) is 6.70. The Morgan fingerprint density at radius 1 is 1.20 bits per heavy atom. The summed E-state index contributed by atoms with van der Waals surface area (Å²) in [7, 11) is 0. The van der Waals surface area contributed by atoms with E-state index in [2.05, 4.69) is 5.32 Å². The van der Waals surface area contributed by atoms with Gasteiger partial charge in [-0.15, -0.1) is 0 Å². The zero-order chi connectivity index (χ0) is 14.4. The van der Waals surface area contributed by atoms with Crippen molar-refractivity contribution in [2.75, 3.05) is 6.61 Å². The molecule has 0 bridgehead atoms. The van der Waals surface area contributed by atoms with Gasteiger partial charge < -0.3 is 10.1 Å². The summed E-state index contributed by atoms with van der Waals surface area (Å²) in [6.07, 6.45) is 0. The van der Waals surface area contributed by atoms with Crippen LogP contribution in [-0.4, -0.2) is 12.5 Å². The third-order valence-electron chi connectivity index (χ3n) is 2.77. The summed E-state index contributed by atoms with van der Waals surface area (Å²) in [5.74, 6) is 0.0963. The maximum absolute atomic E-state index is 13.0. The quantitative estimate of drug-likeness (QED) is 0.909. The van der Waals surface area contributed by atoms with Crippen LogP contribution in [0.25, 0.3) is 0 Å². The Hall–Kier alpha value is -2.36. The Bertz CT molecular complexity index is 581. The van der Waals surface area contributed by atoms with Gasteiger partial charge in [0.05, 0.1) is 0 Å². The SMILES string of the molecule is Cc1ccc(OCC(=O)NCc2cccc(F)c2)cc1. The van der Waals surface area contributed by atoms with Crippen molar-refractivity contribution in [1.29, 1.82) is 0 Å². The number of rotatable bonds is 5. The highest BCUT2D eigenvalue weighted by atomic mass is 19.1. The summed E-state index contributed by atoms with van der Waals surface area (Å²) in [6.45, 7) is 2.21. The van der Waals surface area contributed by atoms with Crippen molar-refractivity contribution in [2.24, 2.45) is 0 Å². The Labute approximate surface area is 117 Å². The third-order valence-corrected chi connectivity index (χ3v) is 2.77. The van der Waals surface area contributed by atoms with Gasteiger partial charge in [-0.1, -0.05) is 29.8 Å². The lowest BCUT2D eigenvalue weighted by atomic mass is 10.2. The zero-order valence-electron chi connectivity index (χ0n) is 11.2. The number of hydrogen-bond donors (Lipinski definition) is 1. The van der Waals surface area contributed by atoms with Crippen molar-refractivity contribution in [1.82, 2.24) is 5.32 Å². The molecule has 2 aromatic rings. The number of halogens is 1. The molecular formula is C16H16FNO2. The molecule has 0 saturated heterocycles. The Morgan fingerprint density at radius 3 is 2.65 bits per heavy atom. The van der Waals surface area contributed by atoms with Gasteiger partial charge in [0.2, 0.25) is 0 Å². The maximum atomic E-state index is 13.0. The van der Waals surface area contributed by atoms with Crippen LogP contribution in [0.5, 0.6) is 5.75 Å². The molecule has 4 heteroatoms. The van der Waals surface area contributed by atoms with Crippen LogP contribution in [0.15, 0.2) is 48.5 Å². The van der Waals surface area contributed by atoms with E-state index < -0.39 is 0 Å². The van der Waals surface area contributed by atoms with E-state index in [1.165, 1.54) is 12.1 Å². The minimum absolute atomic E-state index is 0.0572. The third kappa shape index (κ3) is 4.39. The summed E-state index contributed by atoms with van der Waals surface area (Å²) >= 11 is 0. The fourth-order valence-corrected chi connectivity index (χ4v) is 1.68. The van der Waals surface area contributed by atoms with Crippen molar-refractivity contribution in [2.45, 2.75) is 13.5 Å². The average molecular weight is 273 g/mol. The number of ether oxygens (including phenoxy) is 1. The average Bonchev–Trinajstić information content (AvgIpc) is 2.45. The smallest absolute Gasteiger partial charge is 0.258 e. The molecule has 0 fully saturated rings. The van der Waals surface area contributed by atoms with Gasteiger partial charge in [-0.3, -0.25) is 4.79 Å². The lowest BCUT2D eigenvalue weighted by molar-refractivity contribution is -0.123. The van der Waals surface area contributed by atoms with Crippen LogP contribution in [0, 0.1) is 12.7 Å². The maximum Gasteiger partial charge on any atom is 0.258 e. The van der Waals surface area contributed by atoms with E-state index in [1.54, 1.807) is 12.1 Å². The number of hydrogen-bond acceptors (Lipinski definition) is 2. The predicted octanol–water partition coefficient (Wildman–Crippen LogP) is 2.83. The molecular weight excluding hydrogens is 257 g/mol. The molecule has 2 aromatic carbocycles. The molecule has 0 unspecified atom stereocenters. The molecule has 0 spiro atoms. The molecule has 0 saturated carbocycles. The summed E-state index contributed by atoms with van der Waals surface area (Å²) < 4.78 is 18.3. The largest absolute Gasteiger partial charge is 0.484 e. The second-order valence-corrected chi connectivity index (χ2v) is 4.51. The van der Waals surface area contributed by atoms with Gasteiger partial charge in [0.25, 0.3) is 5.91 Å². The summed E-state index contributed by atoms with van der Waals surface area (Å²) in [6, 6.07) is 13.6. The van der Waals surface area contributed by atoms with Gasteiger partial charge in [-0.2, -0.15) is 0 Å². The Morgan fingerprint density at radius 2 is 1.95 bits per heavy atom. The lowest BCUT2D eigenvalue weighted by Crippen LogP contribution is -2.28. The highest BCUT2D eigenvalue weighted by molar-refractivity contribution is 5.77. The van der Waals surface area contributed by atoms with Crippen molar-refractivity contribution in [3.05, 3.63) is 65.5 Å². The molecule has 2 rings (SSSR count). The van der Waals surface area contributed by atoms with E-state index in [9.17, 15) is 9.18 Å². The van der Waals surface area contributed by atoms with Crippen molar-refractivity contribution in [3.63, 3.8) is 0 Å². The standard InChI is InChI=1S/C16H16FNO2/c1-12-5-7-15(8-6-12)20-11-16(19)18-10-13-3-2-4-14(17)9-13/h2-9H,10-11H2,1H3,(H,18,19). The first kappa shape index (κ1) is 14.1. The van der Waals surface area contributed by atoms with Gasteiger partial charge in [0.15, 0.2) is 6.61 Å². The molecule has 104 valence electrons. The number of aryl methyl sites for hydroxylation is 1. The summed E-state index contributed by atoms with van der Waals surface area (Å²) in [5.41, 5.74) is 1.85. The van der Waals surface area contributed by atoms with E-state index in [4.69, 9.17) is 4.74 Å². The minimum atomic E-state index is -0.312. The van der Waals surface area contributed by atoms with E-state index in [1.807, 2.05) is 31.2 Å². The molecule has 0 heterocycles. The fraction of sp³-hybridized carbons (Fsp3) is 0.188. The van der Waals surface area contributed by atoms with E-state index in [-0.39, 0.29) is 24.9 Å². The van der Waals surface area contributed by atoms with Gasteiger partial charge in [0.1, 0.15) is 11.6 Å². The van der Waals surface area contributed by atoms with Crippen LogP contribution in [-0.2, 0) is 11.3 Å². The van der Waals surface area contributed by atoms with Crippen LogP contribution < -0.4 is 10.1 Å². The topological polar surface area (TPSA) is 38.3 Å². The number of carbonyl (C=O) groups excluding carboxylic acids is 1. The molecule has 0 aliphatic rings. The monoisotopic (exact) mass is 273 g/mol. The first-order valence-electron chi connectivity index (χ1n) is 6.34. The van der Waals surface area contributed by atoms with Crippen LogP contribution in [0.2, 0.25) is 0 Å². The van der Waals surface area contributed by atoms with E-state index >= 15 is 0 Å². The van der Waals surface area contributed by atoms with Crippen molar-refractivity contribution >= 4 is 5.91 Å². The molecule has 20 heavy (non-hydrogen) atoms. The second-order valence-electron chi connectivity index (χ2n) is 4.51. The molecule has 0 aliphatic heterocycles. The Balaban J connectivity index is 1.77. The summed E-state index contributed by atoms with van der Waals surface area (Å²) in [5, 5.41) is 2.68. The summed E-state index contributed by atoms with van der Waals surface area (Å²) in [4.78, 5) is 11.6. The predicted molar refractivity (Wildman–Crippen MR) is 74.9 cm³/mol. The van der Waals surface area contributed by atoms with Crippen molar-refractivity contribution < 1.29 is 13.9 Å². The Kier molecular flexibility index (Phi) is 4.71. The highest BCUT2D eigenvalue weighted by Crippen LogP contribution is 2.11. The van der Waals surface area contributed by atoms with Crippen LogP contribution in [0.4, 0.5) is 4.39 Å². The fourth-order valence-electron chi connectivity index (χ4n) is 1.68. The molecule has 0 aromatic heterocycles. The van der Waals surface area contributed by atoms with Gasteiger partial charge in [-0.25, -0.2) is 4.39 Å². The van der Waals surface area contributed by atoms with Gasteiger partial charge in [0, 0.05) is 6.54 Å². The lowest BCUT2D eigenvalue weighted by Gasteiger charge is -2.08. The van der Waals surface area contributed by atoms with E-state index in [0.29, 0.717) is 11.3 Å². The van der Waals surface area contributed by atoms with E-state index in [0.717, 1.165) is 5.56 Å².